The third-order valence-corrected chi connectivity index (χ3v) is 5.43. The molecule has 0 bridgehead atoms. The molecule has 1 unspecified atom stereocenters. The third kappa shape index (κ3) is 3.13. The second-order valence-corrected chi connectivity index (χ2v) is 7.73. The number of carbonyl (C=O) groups is 1. The molecule has 140 valence electrons. The molecule has 4 heterocycles. The van der Waals surface area contributed by atoms with Crippen LogP contribution >= 0.6 is 0 Å². The number of amides is 1. The molecule has 2 aliphatic rings. The smallest absolute Gasteiger partial charge is 0.225 e. The van der Waals surface area contributed by atoms with E-state index in [0.29, 0.717) is 12.5 Å². The van der Waals surface area contributed by atoms with Crippen molar-refractivity contribution in [2.75, 3.05) is 13.1 Å². The van der Waals surface area contributed by atoms with E-state index in [2.05, 4.69) is 34.7 Å². The fourth-order valence-electron chi connectivity index (χ4n) is 3.97. The number of fused-ring (bicyclic) bond motifs is 1. The molecule has 2 aromatic heterocycles. The molecule has 8 nitrogen and oxygen atoms in total. The van der Waals surface area contributed by atoms with E-state index in [1.165, 1.54) is 0 Å². The molecule has 2 aliphatic heterocycles. The number of nitrogens with one attached hydrogen (secondary N) is 2. The van der Waals surface area contributed by atoms with Gasteiger partial charge in [0.05, 0.1) is 18.2 Å². The van der Waals surface area contributed by atoms with Gasteiger partial charge in [0.15, 0.2) is 5.82 Å². The highest BCUT2D eigenvalue weighted by molar-refractivity contribution is 5.80. The number of hydrogen-bond acceptors (Lipinski definition) is 5. The van der Waals surface area contributed by atoms with E-state index < -0.39 is 0 Å². The molecule has 2 N–H and O–H groups in total. The first-order valence-corrected chi connectivity index (χ1v) is 9.47. The van der Waals surface area contributed by atoms with Crippen LogP contribution in [0.1, 0.15) is 61.8 Å². The molecular weight excluding hydrogens is 330 g/mol. The lowest BCUT2D eigenvalue weighted by Crippen LogP contribution is -2.39. The minimum absolute atomic E-state index is 0.0496. The van der Waals surface area contributed by atoms with E-state index in [-0.39, 0.29) is 23.8 Å². The first-order valence-electron chi connectivity index (χ1n) is 9.47. The lowest BCUT2D eigenvalue weighted by Gasteiger charge is -2.25. The van der Waals surface area contributed by atoms with Crippen molar-refractivity contribution in [3.8, 4) is 0 Å². The minimum atomic E-state index is -0.0814. The summed E-state index contributed by atoms with van der Waals surface area (Å²) in [6.45, 7) is 6.57. The van der Waals surface area contributed by atoms with Gasteiger partial charge in [-0.15, -0.1) is 0 Å². The second kappa shape index (κ2) is 6.83. The van der Waals surface area contributed by atoms with Crippen LogP contribution in [0, 0.1) is 5.92 Å². The van der Waals surface area contributed by atoms with Gasteiger partial charge >= 0.3 is 0 Å². The Morgan fingerprint density at radius 1 is 1.38 bits per heavy atom. The predicted octanol–water partition coefficient (Wildman–Crippen LogP) is 1.09. The maximum atomic E-state index is 13.0. The lowest BCUT2D eigenvalue weighted by atomic mass is 9.90. The molecule has 2 aromatic rings. The molecule has 3 atom stereocenters. The van der Waals surface area contributed by atoms with Gasteiger partial charge < -0.3 is 10.6 Å². The standard InChI is InChI=1S/C18H27N7O/c1-11(2)16-22-17-15(5-4-6-25(17)23-16)21-18(26)14-9-19-8-13(14)12-7-20-24(3)10-12/h7,10-11,13-15,19H,4-6,8-9H2,1-3H3,(H,21,26)/t13-,14+,15?/m1/s1. The quantitative estimate of drug-likeness (QED) is 0.855. The number of nitrogens with zero attached hydrogens (tertiary/aromatic N) is 5. The molecule has 1 saturated heterocycles. The summed E-state index contributed by atoms with van der Waals surface area (Å²) in [5.41, 5.74) is 1.12. The number of aromatic nitrogens is 5. The van der Waals surface area contributed by atoms with Crippen molar-refractivity contribution in [2.24, 2.45) is 13.0 Å². The van der Waals surface area contributed by atoms with Gasteiger partial charge in [-0.25, -0.2) is 9.67 Å². The van der Waals surface area contributed by atoms with Crippen molar-refractivity contribution in [3.05, 3.63) is 29.6 Å². The molecule has 0 aromatic carbocycles. The molecule has 0 aliphatic carbocycles. The van der Waals surface area contributed by atoms with E-state index >= 15 is 0 Å². The summed E-state index contributed by atoms with van der Waals surface area (Å²) in [5.74, 6) is 2.22. The summed E-state index contributed by atoms with van der Waals surface area (Å²) in [5, 5.41) is 15.5. The first-order chi connectivity index (χ1) is 12.5. The first kappa shape index (κ1) is 17.2. The average molecular weight is 357 g/mol. The van der Waals surface area contributed by atoms with Crippen molar-refractivity contribution >= 4 is 5.91 Å². The van der Waals surface area contributed by atoms with Gasteiger partial charge in [-0.1, -0.05) is 13.8 Å². The van der Waals surface area contributed by atoms with Crippen molar-refractivity contribution in [3.63, 3.8) is 0 Å². The van der Waals surface area contributed by atoms with Crippen LogP contribution in [0.25, 0.3) is 0 Å². The third-order valence-electron chi connectivity index (χ3n) is 5.43. The Labute approximate surface area is 153 Å². The summed E-state index contributed by atoms with van der Waals surface area (Å²) >= 11 is 0. The Bertz CT molecular complexity index is 793. The summed E-state index contributed by atoms with van der Waals surface area (Å²) in [4.78, 5) is 17.7. The zero-order chi connectivity index (χ0) is 18.3. The van der Waals surface area contributed by atoms with Gasteiger partial charge in [0, 0.05) is 44.7 Å². The maximum Gasteiger partial charge on any atom is 0.225 e. The Morgan fingerprint density at radius 2 is 2.23 bits per heavy atom. The van der Waals surface area contributed by atoms with E-state index in [4.69, 9.17) is 4.98 Å². The number of rotatable bonds is 4. The van der Waals surface area contributed by atoms with Crippen molar-refractivity contribution in [1.29, 1.82) is 0 Å². The van der Waals surface area contributed by atoms with Gasteiger partial charge in [0.25, 0.3) is 0 Å². The minimum Gasteiger partial charge on any atom is -0.346 e. The van der Waals surface area contributed by atoms with Crippen molar-refractivity contribution in [1.82, 2.24) is 35.2 Å². The van der Waals surface area contributed by atoms with Crippen LogP contribution in [0.3, 0.4) is 0 Å². The van der Waals surface area contributed by atoms with Crippen LogP contribution in [0.5, 0.6) is 0 Å². The maximum absolute atomic E-state index is 13.0. The van der Waals surface area contributed by atoms with Gasteiger partial charge in [-0.05, 0) is 18.4 Å². The Balaban J connectivity index is 1.50. The number of carbonyl (C=O) groups excluding carboxylic acids is 1. The molecule has 4 rings (SSSR count). The molecule has 8 heteroatoms. The molecular formula is C18H27N7O. The lowest BCUT2D eigenvalue weighted by molar-refractivity contribution is -0.125. The Kier molecular flexibility index (Phi) is 4.52. The fourth-order valence-corrected chi connectivity index (χ4v) is 3.97. The van der Waals surface area contributed by atoms with Gasteiger partial charge in [-0.3, -0.25) is 9.48 Å². The summed E-state index contributed by atoms with van der Waals surface area (Å²) in [6, 6.07) is -0.0496. The fraction of sp³-hybridized carbons (Fsp3) is 0.667. The zero-order valence-corrected chi connectivity index (χ0v) is 15.6. The summed E-state index contributed by atoms with van der Waals surface area (Å²) in [7, 11) is 1.90. The van der Waals surface area contributed by atoms with Crippen LogP contribution in [0.4, 0.5) is 0 Å². The van der Waals surface area contributed by atoms with Crippen LogP contribution in [0.2, 0.25) is 0 Å². The Morgan fingerprint density at radius 3 is 2.96 bits per heavy atom. The highest BCUT2D eigenvalue weighted by Crippen LogP contribution is 2.30. The molecule has 0 radical (unpaired) electrons. The van der Waals surface area contributed by atoms with Gasteiger partial charge in [-0.2, -0.15) is 10.2 Å². The van der Waals surface area contributed by atoms with Crippen LogP contribution in [-0.2, 0) is 18.4 Å². The van der Waals surface area contributed by atoms with Crippen LogP contribution in [0.15, 0.2) is 12.4 Å². The van der Waals surface area contributed by atoms with Crippen molar-refractivity contribution in [2.45, 2.75) is 51.1 Å². The normalized spacial score (nSPS) is 25.5. The highest BCUT2D eigenvalue weighted by atomic mass is 16.2. The topological polar surface area (TPSA) is 89.7 Å². The monoisotopic (exact) mass is 357 g/mol. The largest absolute Gasteiger partial charge is 0.346 e. The van der Waals surface area contributed by atoms with E-state index in [1.54, 1.807) is 4.68 Å². The number of aryl methyl sites for hydroxylation is 2. The van der Waals surface area contributed by atoms with Crippen LogP contribution < -0.4 is 10.6 Å². The predicted molar refractivity (Wildman–Crippen MR) is 96.5 cm³/mol. The van der Waals surface area contributed by atoms with E-state index in [0.717, 1.165) is 43.1 Å². The van der Waals surface area contributed by atoms with Crippen molar-refractivity contribution < 1.29 is 4.79 Å². The van der Waals surface area contributed by atoms with Gasteiger partial charge in [0.2, 0.25) is 5.91 Å². The Hall–Kier alpha value is -2.22. The molecule has 1 fully saturated rings. The second-order valence-electron chi connectivity index (χ2n) is 7.73. The molecule has 0 saturated carbocycles. The summed E-state index contributed by atoms with van der Waals surface area (Å²) < 4.78 is 3.76. The molecule has 1 amide bonds. The average Bonchev–Trinajstić information content (AvgIpc) is 3.33. The van der Waals surface area contributed by atoms with Crippen LogP contribution in [-0.4, -0.2) is 43.5 Å². The number of hydrogen-bond donors (Lipinski definition) is 2. The van der Waals surface area contributed by atoms with Gasteiger partial charge in [0.1, 0.15) is 5.82 Å². The molecule has 26 heavy (non-hydrogen) atoms. The SMILES string of the molecule is CC(C)c1nc2n(n1)CCCC2NC(=O)[C@H]1CNC[C@@H]1c1cnn(C)c1. The molecule has 0 spiro atoms. The summed E-state index contributed by atoms with van der Waals surface area (Å²) in [6.07, 6.45) is 5.79. The zero-order valence-electron chi connectivity index (χ0n) is 15.6. The van der Waals surface area contributed by atoms with E-state index in [9.17, 15) is 4.79 Å². The highest BCUT2D eigenvalue weighted by Gasteiger charge is 2.36. The van der Waals surface area contributed by atoms with E-state index in [1.807, 2.05) is 24.1 Å².